The Hall–Kier alpha value is -0.750. The van der Waals surface area contributed by atoms with Crippen LogP contribution in [0.3, 0.4) is 0 Å². The summed E-state index contributed by atoms with van der Waals surface area (Å²) in [6, 6.07) is 5.76. The van der Waals surface area contributed by atoms with Crippen molar-refractivity contribution < 1.29 is 4.79 Å². The first-order valence-corrected chi connectivity index (χ1v) is 7.81. The highest BCUT2D eigenvalue weighted by atomic mass is 31.1. The molecule has 0 saturated heterocycles. The Morgan fingerprint density at radius 3 is 2.29 bits per heavy atom. The lowest BCUT2D eigenvalue weighted by molar-refractivity contribution is 0.101. The molecule has 17 heavy (non-hydrogen) atoms. The quantitative estimate of drug-likeness (QED) is 0.583. The summed E-state index contributed by atoms with van der Waals surface area (Å²) < 4.78 is 0. The second-order valence-electron chi connectivity index (χ2n) is 4.93. The molecule has 0 aliphatic rings. The van der Waals surface area contributed by atoms with Crippen LogP contribution in [0.1, 0.15) is 50.8 Å². The first kappa shape index (κ1) is 14.3. The van der Waals surface area contributed by atoms with Crippen LogP contribution in [-0.4, -0.2) is 22.1 Å². The summed E-state index contributed by atoms with van der Waals surface area (Å²) in [4.78, 5) is 15.7. The van der Waals surface area contributed by atoms with Crippen molar-refractivity contribution in [3.63, 3.8) is 0 Å². The lowest BCUT2D eigenvalue weighted by Crippen LogP contribution is -2.07. The summed E-state index contributed by atoms with van der Waals surface area (Å²) >= 11 is 0. The van der Waals surface area contributed by atoms with Gasteiger partial charge in [0.15, 0.2) is 5.78 Å². The molecule has 0 spiro atoms. The molecule has 0 unspecified atom stereocenters. The lowest BCUT2D eigenvalue weighted by Gasteiger charge is -2.25. The first-order chi connectivity index (χ1) is 7.91. The Balaban J connectivity index is 2.86. The Morgan fingerprint density at radius 1 is 1.24 bits per heavy atom. The largest absolute Gasteiger partial charge is 0.293 e. The minimum atomic E-state index is -0.0604. The molecule has 1 heterocycles. The van der Waals surface area contributed by atoms with E-state index in [2.05, 4.69) is 32.7 Å². The minimum Gasteiger partial charge on any atom is -0.293 e. The Bertz CT molecular complexity index is 380. The summed E-state index contributed by atoms with van der Waals surface area (Å²) in [7, 11) is -0.0604. The molecule has 1 rings (SSSR count). The normalized spacial score (nSPS) is 11.5. The van der Waals surface area contributed by atoms with E-state index in [1.807, 2.05) is 12.1 Å². The minimum absolute atomic E-state index is 0.0465. The average Bonchev–Trinajstić information content (AvgIpc) is 2.25. The van der Waals surface area contributed by atoms with Crippen molar-refractivity contribution >= 4 is 13.7 Å². The molecule has 0 fully saturated rings. The van der Waals surface area contributed by atoms with E-state index in [1.54, 1.807) is 13.0 Å². The average molecular weight is 251 g/mol. The van der Waals surface area contributed by atoms with Crippen molar-refractivity contribution in [1.82, 2.24) is 4.98 Å². The fraction of sp³-hybridized carbons (Fsp3) is 0.571. The van der Waals surface area contributed by atoms with Crippen molar-refractivity contribution in [2.24, 2.45) is 0 Å². The molecule has 0 saturated carbocycles. The van der Waals surface area contributed by atoms with Crippen LogP contribution >= 0.6 is 7.92 Å². The van der Waals surface area contributed by atoms with Crippen molar-refractivity contribution in [3.05, 3.63) is 29.6 Å². The molecule has 1 aromatic rings. The third kappa shape index (κ3) is 4.20. The highest BCUT2D eigenvalue weighted by Crippen LogP contribution is 2.48. The molecule has 0 aromatic carbocycles. The number of aromatic nitrogens is 1. The van der Waals surface area contributed by atoms with Gasteiger partial charge in [-0.2, -0.15) is 0 Å². The van der Waals surface area contributed by atoms with Crippen molar-refractivity contribution in [3.8, 4) is 0 Å². The lowest BCUT2D eigenvalue weighted by atomic mass is 10.2. The highest BCUT2D eigenvalue weighted by Gasteiger charge is 2.17. The van der Waals surface area contributed by atoms with Crippen LogP contribution in [-0.2, 0) is 6.16 Å². The molecule has 0 aliphatic carbocycles. The van der Waals surface area contributed by atoms with Gasteiger partial charge in [0.25, 0.3) is 0 Å². The van der Waals surface area contributed by atoms with Gasteiger partial charge in [-0.15, -0.1) is 0 Å². The standard InChI is InChI=1S/C14H22NOP/c1-10(2)17(11(3)4)9-13-7-6-8-14(15-13)12(5)16/h6-8,10-11H,9H2,1-5H3. The second-order valence-corrected chi connectivity index (χ2v) is 8.34. The van der Waals surface area contributed by atoms with Crippen LogP contribution in [0.5, 0.6) is 0 Å². The molecule has 0 aliphatic heterocycles. The van der Waals surface area contributed by atoms with E-state index in [0.717, 1.165) is 11.9 Å². The van der Waals surface area contributed by atoms with Crippen molar-refractivity contribution in [2.75, 3.05) is 0 Å². The molecule has 94 valence electrons. The van der Waals surface area contributed by atoms with Gasteiger partial charge in [-0.1, -0.05) is 41.7 Å². The van der Waals surface area contributed by atoms with Crippen LogP contribution in [0.4, 0.5) is 0 Å². The molecule has 0 N–H and O–H groups in total. The third-order valence-corrected chi connectivity index (χ3v) is 6.18. The molecular formula is C14H22NOP. The first-order valence-electron chi connectivity index (χ1n) is 6.14. The van der Waals surface area contributed by atoms with Crippen LogP contribution in [0.15, 0.2) is 18.2 Å². The second kappa shape index (κ2) is 6.26. The number of nitrogens with zero attached hydrogens (tertiary/aromatic N) is 1. The number of Topliss-reactive ketones (excluding diaryl/α,β-unsaturated/α-hetero) is 1. The summed E-state index contributed by atoms with van der Waals surface area (Å²) in [5.74, 6) is 0.0465. The SMILES string of the molecule is CC(=O)c1cccc(CP(C(C)C)C(C)C)n1. The number of carbonyl (C=O) groups excluding carboxylic acids is 1. The zero-order valence-electron chi connectivity index (χ0n) is 11.4. The van der Waals surface area contributed by atoms with E-state index in [0.29, 0.717) is 17.0 Å². The Kier molecular flexibility index (Phi) is 5.27. The van der Waals surface area contributed by atoms with Gasteiger partial charge in [-0.3, -0.25) is 4.79 Å². The molecular weight excluding hydrogens is 229 g/mol. The van der Waals surface area contributed by atoms with Gasteiger partial charge in [0.2, 0.25) is 0 Å². The summed E-state index contributed by atoms with van der Waals surface area (Å²) in [5.41, 5.74) is 3.05. The number of hydrogen-bond acceptors (Lipinski definition) is 2. The van der Waals surface area contributed by atoms with E-state index in [-0.39, 0.29) is 13.7 Å². The Labute approximate surface area is 106 Å². The van der Waals surface area contributed by atoms with E-state index in [9.17, 15) is 4.79 Å². The Morgan fingerprint density at radius 2 is 1.82 bits per heavy atom. The summed E-state index contributed by atoms with van der Waals surface area (Å²) in [6.45, 7) is 10.7. The summed E-state index contributed by atoms with van der Waals surface area (Å²) in [5, 5.41) is 0. The van der Waals surface area contributed by atoms with Gasteiger partial charge in [0.1, 0.15) is 5.69 Å². The fourth-order valence-corrected chi connectivity index (χ4v) is 4.39. The maximum absolute atomic E-state index is 11.3. The van der Waals surface area contributed by atoms with Gasteiger partial charge < -0.3 is 0 Å². The zero-order chi connectivity index (χ0) is 13.0. The fourth-order valence-electron chi connectivity index (χ4n) is 1.91. The maximum atomic E-state index is 11.3. The number of ketones is 1. The van der Waals surface area contributed by atoms with Crippen LogP contribution in [0.2, 0.25) is 0 Å². The number of rotatable bonds is 5. The number of hydrogen-bond donors (Lipinski definition) is 0. The van der Waals surface area contributed by atoms with Crippen LogP contribution < -0.4 is 0 Å². The number of pyridine rings is 1. The van der Waals surface area contributed by atoms with E-state index >= 15 is 0 Å². The molecule has 1 aromatic heterocycles. The molecule has 0 bridgehead atoms. The monoisotopic (exact) mass is 251 g/mol. The smallest absolute Gasteiger partial charge is 0.178 e. The molecule has 2 nitrogen and oxygen atoms in total. The highest BCUT2D eigenvalue weighted by molar-refractivity contribution is 7.58. The summed E-state index contributed by atoms with van der Waals surface area (Å²) in [6.07, 6.45) is 1.02. The van der Waals surface area contributed by atoms with E-state index in [4.69, 9.17) is 0 Å². The van der Waals surface area contributed by atoms with E-state index < -0.39 is 0 Å². The van der Waals surface area contributed by atoms with Crippen molar-refractivity contribution in [1.29, 1.82) is 0 Å². The van der Waals surface area contributed by atoms with Gasteiger partial charge in [-0.05, 0) is 23.5 Å². The predicted molar refractivity (Wildman–Crippen MR) is 75.1 cm³/mol. The number of carbonyl (C=O) groups is 1. The predicted octanol–water partition coefficient (Wildman–Crippen LogP) is 4.08. The van der Waals surface area contributed by atoms with E-state index in [1.165, 1.54) is 0 Å². The van der Waals surface area contributed by atoms with Gasteiger partial charge in [0, 0.05) is 18.8 Å². The van der Waals surface area contributed by atoms with Crippen molar-refractivity contribution in [2.45, 2.75) is 52.1 Å². The molecule has 0 radical (unpaired) electrons. The van der Waals surface area contributed by atoms with Crippen LogP contribution in [0.25, 0.3) is 0 Å². The molecule has 3 heteroatoms. The zero-order valence-corrected chi connectivity index (χ0v) is 12.3. The third-order valence-electron chi connectivity index (χ3n) is 2.84. The van der Waals surface area contributed by atoms with Crippen LogP contribution in [0, 0.1) is 0 Å². The molecule has 0 amide bonds. The van der Waals surface area contributed by atoms with Gasteiger partial charge in [0.05, 0.1) is 0 Å². The van der Waals surface area contributed by atoms with Gasteiger partial charge >= 0.3 is 0 Å². The maximum Gasteiger partial charge on any atom is 0.178 e. The topological polar surface area (TPSA) is 30.0 Å². The van der Waals surface area contributed by atoms with Gasteiger partial charge in [-0.25, -0.2) is 4.98 Å². The molecule has 0 atom stereocenters.